The molecule has 1 aromatic rings. The predicted octanol–water partition coefficient (Wildman–Crippen LogP) is 3.18. The number of rotatable bonds is 3. The van der Waals surface area contributed by atoms with Crippen LogP contribution in [-0.4, -0.2) is 17.4 Å². The van der Waals surface area contributed by atoms with Crippen molar-refractivity contribution in [3.63, 3.8) is 0 Å². The number of benzene rings is 1. The molecule has 0 spiro atoms. The van der Waals surface area contributed by atoms with Gasteiger partial charge in [0.05, 0.1) is 14.7 Å². The Morgan fingerprint density at radius 3 is 2.00 bits per heavy atom. The van der Waals surface area contributed by atoms with Crippen LogP contribution in [0.25, 0.3) is 0 Å². The molecule has 0 saturated heterocycles. The van der Waals surface area contributed by atoms with Crippen LogP contribution in [0.1, 0.15) is 0 Å². The maximum Gasteiger partial charge on any atom is 0.296 e. The van der Waals surface area contributed by atoms with Crippen molar-refractivity contribution in [2.24, 2.45) is 0 Å². The minimum absolute atomic E-state index is 0.00796. The summed E-state index contributed by atoms with van der Waals surface area (Å²) in [6.45, 7) is 0. The topological polar surface area (TPSA) is 43.1 Å². The second kappa shape index (κ2) is 4.65. The third-order valence-electron chi connectivity index (χ3n) is 1.63. The summed E-state index contributed by atoms with van der Waals surface area (Å²) in [6, 6.07) is 2.37. The molecule has 76 valence electrons. The first-order valence-electron chi connectivity index (χ1n) is 3.66. The Kier molecular flexibility index (Phi) is 3.77. The van der Waals surface area contributed by atoms with Crippen molar-refractivity contribution in [1.82, 2.24) is 0 Å². The van der Waals surface area contributed by atoms with E-state index in [9.17, 15) is 14.5 Å². The molecule has 0 atom stereocenters. The first-order chi connectivity index (χ1) is 6.60. The van der Waals surface area contributed by atoms with Crippen LogP contribution in [-0.2, 0) is 0 Å². The first-order valence-corrected chi connectivity index (χ1v) is 6.11. The average Bonchev–Trinajstić information content (AvgIpc) is 2.15. The van der Waals surface area contributed by atoms with E-state index >= 15 is 0 Å². The number of hydrogen-bond donors (Lipinski definition) is 0. The van der Waals surface area contributed by atoms with E-state index in [4.69, 9.17) is 0 Å². The molecule has 1 aromatic carbocycles. The van der Waals surface area contributed by atoms with Gasteiger partial charge in [-0.3, -0.25) is 10.1 Å². The van der Waals surface area contributed by atoms with Gasteiger partial charge >= 0.3 is 0 Å². The molecule has 6 heteroatoms. The lowest BCUT2D eigenvalue weighted by molar-refractivity contribution is -0.390. The third-order valence-corrected chi connectivity index (χ3v) is 3.13. The van der Waals surface area contributed by atoms with Crippen LogP contribution in [0, 0.1) is 15.9 Å². The zero-order chi connectivity index (χ0) is 10.7. The fourth-order valence-electron chi connectivity index (χ4n) is 1.04. The molecular formula is C8H8FNO2S2. The van der Waals surface area contributed by atoms with Crippen LogP contribution in [0.5, 0.6) is 0 Å². The molecule has 0 fully saturated rings. The highest BCUT2D eigenvalue weighted by Crippen LogP contribution is 2.36. The SMILES string of the molecule is CSc1cc(F)cc(SC)c1[N+](=O)[O-]. The molecular weight excluding hydrogens is 225 g/mol. The highest BCUT2D eigenvalue weighted by Gasteiger charge is 2.20. The molecule has 0 bridgehead atoms. The van der Waals surface area contributed by atoms with Crippen LogP contribution < -0.4 is 0 Å². The average molecular weight is 233 g/mol. The number of thioether (sulfide) groups is 2. The summed E-state index contributed by atoms with van der Waals surface area (Å²) in [5.74, 6) is -0.440. The Balaban J connectivity index is 3.40. The Bertz CT molecular complexity index is 345. The molecule has 0 N–H and O–H groups in total. The van der Waals surface area contributed by atoms with Crippen LogP contribution in [0.4, 0.5) is 10.1 Å². The number of halogens is 1. The summed E-state index contributed by atoms with van der Waals surface area (Å²) >= 11 is 2.34. The van der Waals surface area contributed by atoms with Gasteiger partial charge in [0.25, 0.3) is 5.69 Å². The lowest BCUT2D eigenvalue weighted by Gasteiger charge is -2.03. The van der Waals surface area contributed by atoms with Crippen LogP contribution in [0.2, 0.25) is 0 Å². The van der Waals surface area contributed by atoms with Gasteiger partial charge in [0.1, 0.15) is 5.82 Å². The molecule has 1 rings (SSSR count). The summed E-state index contributed by atoms with van der Waals surface area (Å²) in [5, 5.41) is 10.7. The van der Waals surface area contributed by atoms with Crippen molar-refractivity contribution in [2.75, 3.05) is 12.5 Å². The van der Waals surface area contributed by atoms with Crippen LogP contribution in [0.3, 0.4) is 0 Å². The van der Waals surface area contributed by atoms with E-state index in [0.29, 0.717) is 9.79 Å². The van der Waals surface area contributed by atoms with Gasteiger partial charge in [-0.25, -0.2) is 4.39 Å². The summed E-state index contributed by atoms with van der Waals surface area (Å²) in [5.41, 5.74) is -0.00796. The van der Waals surface area contributed by atoms with Crippen molar-refractivity contribution in [3.05, 3.63) is 28.1 Å². The molecule has 0 aromatic heterocycles. The molecule has 0 aliphatic carbocycles. The number of nitro groups is 1. The summed E-state index contributed by atoms with van der Waals surface area (Å²) in [4.78, 5) is 11.0. The van der Waals surface area contributed by atoms with Gasteiger partial charge in [-0.1, -0.05) is 0 Å². The quantitative estimate of drug-likeness (QED) is 0.457. The van der Waals surface area contributed by atoms with Crippen molar-refractivity contribution < 1.29 is 9.31 Å². The fourth-order valence-corrected chi connectivity index (χ4v) is 2.32. The zero-order valence-electron chi connectivity index (χ0n) is 7.61. The standard InChI is InChI=1S/C8H8FNO2S2/c1-13-6-3-5(9)4-7(14-2)8(6)10(11)12/h3-4H,1-2H3. The van der Waals surface area contributed by atoms with Crippen molar-refractivity contribution in [1.29, 1.82) is 0 Å². The molecule has 0 radical (unpaired) electrons. The molecule has 0 amide bonds. The molecule has 0 saturated carbocycles. The van der Waals surface area contributed by atoms with Crippen LogP contribution >= 0.6 is 23.5 Å². The van der Waals surface area contributed by atoms with E-state index in [1.165, 1.54) is 35.7 Å². The smallest absolute Gasteiger partial charge is 0.258 e. The maximum atomic E-state index is 13.0. The summed E-state index contributed by atoms with van der Waals surface area (Å²) < 4.78 is 13.0. The second-order valence-corrected chi connectivity index (χ2v) is 4.11. The van der Waals surface area contributed by atoms with Gasteiger partial charge in [-0.15, -0.1) is 23.5 Å². The molecule has 0 unspecified atom stereocenters. The van der Waals surface area contributed by atoms with Crippen molar-refractivity contribution in [2.45, 2.75) is 9.79 Å². The zero-order valence-corrected chi connectivity index (χ0v) is 9.25. The first kappa shape index (κ1) is 11.3. The van der Waals surface area contributed by atoms with Gasteiger partial charge in [0.2, 0.25) is 0 Å². The monoisotopic (exact) mass is 233 g/mol. The van der Waals surface area contributed by atoms with E-state index in [-0.39, 0.29) is 5.69 Å². The number of nitro benzene ring substituents is 1. The largest absolute Gasteiger partial charge is 0.296 e. The Hall–Kier alpha value is -0.750. The fraction of sp³-hybridized carbons (Fsp3) is 0.250. The predicted molar refractivity (Wildman–Crippen MR) is 56.6 cm³/mol. The Morgan fingerprint density at radius 1 is 1.29 bits per heavy atom. The second-order valence-electron chi connectivity index (χ2n) is 2.42. The van der Waals surface area contributed by atoms with E-state index in [1.54, 1.807) is 12.5 Å². The number of nitrogens with zero attached hydrogens (tertiary/aromatic N) is 1. The summed E-state index contributed by atoms with van der Waals surface area (Å²) in [6.07, 6.45) is 3.37. The summed E-state index contributed by atoms with van der Waals surface area (Å²) in [7, 11) is 0. The normalized spacial score (nSPS) is 10.2. The van der Waals surface area contributed by atoms with Gasteiger partial charge in [0.15, 0.2) is 0 Å². The van der Waals surface area contributed by atoms with E-state index in [1.807, 2.05) is 0 Å². The van der Waals surface area contributed by atoms with E-state index < -0.39 is 10.7 Å². The van der Waals surface area contributed by atoms with Crippen LogP contribution in [0.15, 0.2) is 21.9 Å². The van der Waals surface area contributed by atoms with Gasteiger partial charge in [-0.2, -0.15) is 0 Å². The molecule has 0 aliphatic rings. The van der Waals surface area contributed by atoms with Crippen molar-refractivity contribution in [3.8, 4) is 0 Å². The van der Waals surface area contributed by atoms with E-state index in [2.05, 4.69) is 0 Å². The highest BCUT2D eigenvalue weighted by molar-refractivity contribution is 7.99. The highest BCUT2D eigenvalue weighted by atomic mass is 32.2. The lowest BCUT2D eigenvalue weighted by atomic mass is 10.3. The molecule has 0 heterocycles. The molecule has 14 heavy (non-hydrogen) atoms. The van der Waals surface area contributed by atoms with Crippen molar-refractivity contribution >= 4 is 29.2 Å². The van der Waals surface area contributed by atoms with Gasteiger partial charge < -0.3 is 0 Å². The van der Waals surface area contributed by atoms with Gasteiger partial charge in [0, 0.05) is 0 Å². The third kappa shape index (κ3) is 2.19. The van der Waals surface area contributed by atoms with E-state index in [0.717, 1.165) is 0 Å². The maximum absolute atomic E-state index is 13.0. The number of hydrogen-bond acceptors (Lipinski definition) is 4. The molecule has 0 aliphatic heterocycles. The van der Waals surface area contributed by atoms with Gasteiger partial charge in [-0.05, 0) is 24.6 Å². The molecule has 3 nitrogen and oxygen atoms in total. The lowest BCUT2D eigenvalue weighted by Crippen LogP contribution is -1.94. The minimum atomic E-state index is -0.475. The minimum Gasteiger partial charge on any atom is -0.258 e. The Morgan fingerprint density at radius 2 is 1.71 bits per heavy atom. The Labute approximate surface area is 89.2 Å².